The molecule has 160 valence electrons. The number of benzene rings is 2. The Morgan fingerprint density at radius 1 is 1.13 bits per heavy atom. The lowest BCUT2D eigenvalue weighted by Crippen LogP contribution is -2.09. The van der Waals surface area contributed by atoms with E-state index in [-0.39, 0.29) is 18.2 Å². The summed E-state index contributed by atoms with van der Waals surface area (Å²) in [6.45, 7) is 4.31. The van der Waals surface area contributed by atoms with Crippen molar-refractivity contribution in [3.8, 4) is 22.1 Å². The summed E-state index contributed by atoms with van der Waals surface area (Å²) in [4.78, 5) is 17.7. The predicted octanol–water partition coefficient (Wildman–Crippen LogP) is 6.81. The highest BCUT2D eigenvalue weighted by Crippen LogP contribution is 2.37. The summed E-state index contributed by atoms with van der Waals surface area (Å²) in [5.74, 6) is 0.177. The van der Waals surface area contributed by atoms with Crippen molar-refractivity contribution in [2.45, 2.75) is 39.5 Å². The van der Waals surface area contributed by atoms with E-state index in [1.165, 1.54) is 6.07 Å². The van der Waals surface area contributed by atoms with E-state index in [9.17, 15) is 9.18 Å². The first-order valence-electron chi connectivity index (χ1n) is 10.5. The topological polar surface area (TPSA) is 52.3 Å². The molecule has 0 fully saturated rings. The number of aromatic nitrogens is 1. The smallest absolute Gasteiger partial charge is 0.312 e. The first kappa shape index (κ1) is 21.2. The van der Waals surface area contributed by atoms with Gasteiger partial charge in [-0.2, -0.15) is 0 Å². The normalized spacial score (nSPS) is 11.2. The fraction of sp³-hybridized carbons (Fsp3) is 0.280. The number of ether oxygens (including phenoxy) is 1. The molecule has 4 rings (SSSR count). The highest BCUT2D eigenvalue weighted by Gasteiger charge is 2.21. The van der Waals surface area contributed by atoms with Crippen molar-refractivity contribution in [2.24, 2.45) is 0 Å². The van der Waals surface area contributed by atoms with Crippen LogP contribution in [-0.2, 0) is 22.4 Å². The monoisotopic (exact) mass is 437 g/mol. The Bertz CT molecular complexity index is 1180. The molecule has 2 heterocycles. The fourth-order valence-corrected chi connectivity index (χ4v) is 4.44. The van der Waals surface area contributed by atoms with Crippen molar-refractivity contribution in [1.29, 1.82) is 0 Å². The Labute approximate surface area is 184 Å². The van der Waals surface area contributed by atoms with Gasteiger partial charge in [-0.15, -0.1) is 11.3 Å². The van der Waals surface area contributed by atoms with Crippen LogP contribution >= 0.6 is 11.3 Å². The molecular weight excluding hydrogens is 413 g/mol. The van der Waals surface area contributed by atoms with E-state index in [4.69, 9.17) is 9.15 Å². The third-order valence-electron chi connectivity index (χ3n) is 4.95. The molecule has 2 aromatic carbocycles. The molecule has 6 heteroatoms. The zero-order valence-corrected chi connectivity index (χ0v) is 18.4. The van der Waals surface area contributed by atoms with Gasteiger partial charge >= 0.3 is 5.97 Å². The lowest BCUT2D eigenvalue weighted by atomic mass is 10.0. The van der Waals surface area contributed by atoms with Crippen molar-refractivity contribution in [1.82, 2.24) is 4.98 Å². The average Bonchev–Trinajstić information content (AvgIpc) is 3.38. The van der Waals surface area contributed by atoms with E-state index in [1.807, 2.05) is 50.2 Å². The summed E-state index contributed by atoms with van der Waals surface area (Å²) < 4.78 is 27.1. The molecule has 0 atom stereocenters. The average molecular weight is 438 g/mol. The highest BCUT2D eigenvalue weighted by atomic mass is 32.1. The third kappa shape index (κ3) is 4.69. The number of esters is 1. The Morgan fingerprint density at radius 2 is 1.97 bits per heavy atom. The van der Waals surface area contributed by atoms with Crippen molar-refractivity contribution in [2.75, 3.05) is 6.61 Å². The van der Waals surface area contributed by atoms with Crippen LogP contribution in [0.2, 0.25) is 0 Å². The molecule has 0 spiro atoms. The zero-order valence-electron chi connectivity index (χ0n) is 17.6. The van der Waals surface area contributed by atoms with Crippen molar-refractivity contribution < 1.29 is 18.3 Å². The minimum absolute atomic E-state index is 0.0257. The predicted molar refractivity (Wildman–Crippen MR) is 122 cm³/mol. The number of carbonyl (C=O) groups is 1. The second-order valence-electron chi connectivity index (χ2n) is 7.40. The number of halogens is 1. The van der Waals surface area contributed by atoms with Crippen LogP contribution in [0.5, 0.6) is 0 Å². The van der Waals surface area contributed by atoms with E-state index in [0.717, 1.165) is 27.8 Å². The molecule has 0 amide bonds. The molecule has 31 heavy (non-hydrogen) atoms. The lowest BCUT2D eigenvalue weighted by Gasteiger charge is -2.05. The number of oxazole rings is 1. The van der Waals surface area contributed by atoms with Gasteiger partial charge in [-0.25, -0.2) is 9.37 Å². The maximum Gasteiger partial charge on any atom is 0.312 e. The molecule has 0 aliphatic rings. The molecule has 0 aliphatic heterocycles. The third-order valence-corrected chi connectivity index (χ3v) is 6.05. The summed E-state index contributed by atoms with van der Waals surface area (Å²) in [5.41, 5.74) is 1.69. The number of aryl methyl sites for hydroxylation is 1. The highest BCUT2D eigenvalue weighted by molar-refractivity contribution is 7.22. The van der Waals surface area contributed by atoms with Gasteiger partial charge in [0.25, 0.3) is 0 Å². The molecule has 4 aromatic rings. The second-order valence-corrected chi connectivity index (χ2v) is 8.48. The van der Waals surface area contributed by atoms with Gasteiger partial charge < -0.3 is 9.15 Å². The van der Waals surface area contributed by atoms with Gasteiger partial charge in [0.15, 0.2) is 5.76 Å². The van der Waals surface area contributed by atoms with Gasteiger partial charge in [0.1, 0.15) is 5.82 Å². The maximum atomic E-state index is 14.6. The van der Waals surface area contributed by atoms with Crippen LogP contribution < -0.4 is 0 Å². The van der Waals surface area contributed by atoms with Crippen LogP contribution in [0.15, 0.2) is 52.9 Å². The zero-order chi connectivity index (χ0) is 21.8. The van der Waals surface area contributed by atoms with Gasteiger partial charge in [-0.3, -0.25) is 4.79 Å². The number of fused-ring (bicyclic) bond motifs is 1. The van der Waals surface area contributed by atoms with E-state index in [1.54, 1.807) is 17.4 Å². The number of thiophene rings is 1. The van der Waals surface area contributed by atoms with Crippen LogP contribution in [0, 0.1) is 5.82 Å². The van der Waals surface area contributed by atoms with Crippen LogP contribution in [0.25, 0.3) is 32.2 Å². The van der Waals surface area contributed by atoms with Gasteiger partial charge in [0.2, 0.25) is 5.89 Å². The van der Waals surface area contributed by atoms with E-state index >= 15 is 0 Å². The number of nitrogens with zero attached hydrogens (tertiary/aromatic N) is 1. The van der Waals surface area contributed by atoms with Gasteiger partial charge in [-0.05, 0) is 42.0 Å². The SMILES string of the molecule is CCCOC(=O)Cc1nc(-c2cc3ccccc3s2)oc1-c1ccc(CCC)c(F)c1. The molecular formula is C25H24FNO3S. The van der Waals surface area contributed by atoms with Crippen molar-refractivity contribution >= 4 is 27.4 Å². The molecule has 0 saturated heterocycles. The van der Waals surface area contributed by atoms with Crippen LogP contribution in [0.1, 0.15) is 37.9 Å². The summed E-state index contributed by atoms with van der Waals surface area (Å²) in [6, 6.07) is 15.1. The van der Waals surface area contributed by atoms with Crippen LogP contribution in [-0.4, -0.2) is 17.6 Å². The Hall–Kier alpha value is -2.99. The largest absolute Gasteiger partial charge is 0.465 e. The van der Waals surface area contributed by atoms with Gasteiger partial charge in [0.05, 0.1) is 23.6 Å². The van der Waals surface area contributed by atoms with E-state index in [2.05, 4.69) is 4.98 Å². The lowest BCUT2D eigenvalue weighted by molar-refractivity contribution is -0.142. The van der Waals surface area contributed by atoms with Crippen LogP contribution in [0.4, 0.5) is 4.39 Å². The standard InChI is InChI=1S/C25H24FNO3S/c1-3-7-16-10-11-18(13-19(16)26)24-20(15-23(28)29-12-4-2)27-25(30-24)22-14-17-8-5-6-9-21(17)31-22/h5-6,8-11,13-14H,3-4,7,12,15H2,1-2H3. The quantitative estimate of drug-likeness (QED) is 0.284. The molecule has 0 N–H and O–H groups in total. The van der Waals surface area contributed by atoms with E-state index in [0.29, 0.717) is 41.5 Å². The Balaban J connectivity index is 1.74. The molecule has 0 unspecified atom stereocenters. The van der Waals surface area contributed by atoms with Gasteiger partial charge in [-0.1, -0.05) is 50.6 Å². The minimum atomic E-state index is -0.373. The van der Waals surface area contributed by atoms with Crippen LogP contribution in [0.3, 0.4) is 0 Å². The molecule has 0 bridgehead atoms. The van der Waals surface area contributed by atoms with E-state index < -0.39 is 0 Å². The summed E-state index contributed by atoms with van der Waals surface area (Å²) >= 11 is 1.57. The number of carbonyl (C=O) groups excluding carboxylic acids is 1. The van der Waals surface area contributed by atoms with Crippen molar-refractivity contribution in [3.63, 3.8) is 0 Å². The maximum absolute atomic E-state index is 14.6. The minimum Gasteiger partial charge on any atom is -0.465 e. The molecule has 0 aliphatic carbocycles. The van der Waals surface area contributed by atoms with Gasteiger partial charge in [0, 0.05) is 10.3 Å². The second kappa shape index (κ2) is 9.43. The Kier molecular flexibility index (Phi) is 6.47. The number of hydrogen-bond donors (Lipinski definition) is 0. The summed E-state index contributed by atoms with van der Waals surface area (Å²) in [6.07, 6.45) is 2.26. The summed E-state index contributed by atoms with van der Waals surface area (Å²) in [7, 11) is 0. The molecule has 2 aromatic heterocycles. The molecule has 0 saturated carbocycles. The number of rotatable bonds is 8. The number of hydrogen-bond acceptors (Lipinski definition) is 5. The summed E-state index contributed by atoms with van der Waals surface area (Å²) in [5, 5.41) is 1.10. The molecule has 0 radical (unpaired) electrons. The fourth-order valence-electron chi connectivity index (χ4n) is 3.45. The van der Waals surface area contributed by atoms with Crippen molar-refractivity contribution in [3.05, 3.63) is 65.6 Å². The first-order valence-corrected chi connectivity index (χ1v) is 11.3. The Morgan fingerprint density at radius 3 is 2.71 bits per heavy atom. The molecule has 4 nitrogen and oxygen atoms in total. The first-order chi connectivity index (χ1) is 15.1.